The van der Waals surface area contributed by atoms with Crippen LogP contribution in [-0.2, 0) is 0 Å². The first-order valence-corrected chi connectivity index (χ1v) is 6.34. The van der Waals surface area contributed by atoms with Gasteiger partial charge in [0.1, 0.15) is 6.33 Å². The van der Waals surface area contributed by atoms with Crippen molar-refractivity contribution in [3.8, 4) is 5.69 Å². The summed E-state index contributed by atoms with van der Waals surface area (Å²) in [5.41, 5.74) is 1.11. The van der Waals surface area contributed by atoms with Gasteiger partial charge < -0.3 is 0 Å². The third-order valence-electron chi connectivity index (χ3n) is 2.10. The molecule has 0 atom stereocenters. The minimum absolute atomic E-state index is 0.658. The van der Waals surface area contributed by atoms with Crippen molar-refractivity contribution in [2.75, 3.05) is 5.75 Å². The van der Waals surface area contributed by atoms with E-state index in [1.807, 2.05) is 22.8 Å². The SMILES string of the molecule is CC(C)CSc1nncn1-c1ccccc1. The lowest BCUT2D eigenvalue weighted by atomic mass is 10.3. The molecule has 0 aliphatic heterocycles. The molecule has 3 nitrogen and oxygen atoms in total. The highest BCUT2D eigenvalue weighted by Crippen LogP contribution is 2.21. The van der Waals surface area contributed by atoms with E-state index < -0.39 is 0 Å². The van der Waals surface area contributed by atoms with Gasteiger partial charge in [-0.05, 0) is 18.1 Å². The monoisotopic (exact) mass is 233 g/mol. The standard InChI is InChI=1S/C12H15N3S/c1-10(2)8-16-12-14-13-9-15(12)11-6-4-3-5-7-11/h3-7,9-10H,8H2,1-2H3. The molecule has 1 aromatic heterocycles. The minimum atomic E-state index is 0.658. The van der Waals surface area contributed by atoms with Crippen LogP contribution in [0, 0.1) is 5.92 Å². The van der Waals surface area contributed by atoms with Crippen LogP contribution in [-0.4, -0.2) is 20.5 Å². The molecule has 1 heterocycles. The van der Waals surface area contributed by atoms with Crippen LogP contribution in [0.5, 0.6) is 0 Å². The van der Waals surface area contributed by atoms with E-state index in [0.29, 0.717) is 5.92 Å². The Morgan fingerprint density at radius 1 is 1.25 bits per heavy atom. The number of hydrogen-bond acceptors (Lipinski definition) is 3. The number of rotatable bonds is 4. The van der Waals surface area contributed by atoms with Gasteiger partial charge in [-0.1, -0.05) is 43.8 Å². The summed E-state index contributed by atoms with van der Waals surface area (Å²) in [4.78, 5) is 0. The van der Waals surface area contributed by atoms with Crippen molar-refractivity contribution in [1.29, 1.82) is 0 Å². The Balaban J connectivity index is 2.19. The van der Waals surface area contributed by atoms with Crippen LogP contribution in [0.15, 0.2) is 41.8 Å². The number of benzene rings is 1. The van der Waals surface area contributed by atoms with E-state index in [4.69, 9.17) is 0 Å². The summed E-state index contributed by atoms with van der Waals surface area (Å²) in [5.74, 6) is 1.72. The summed E-state index contributed by atoms with van der Waals surface area (Å²) < 4.78 is 2.02. The van der Waals surface area contributed by atoms with E-state index >= 15 is 0 Å². The summed E-state index contributed by atoms with van der Waals surface area (Å²) in [6.45, 7) is 4.41. The van der Waals surface area contributed by atoms with Crippen molar-refractivity contribution in [2.45, 2.75) is 19.0 Å². The molecule has 16 heavy (non-hydrogen) atoms. The highest BCUT2D eigenvalue weighted by Gasteiger charge is 2.07. The van der Waals surface area contributed by atoms with Crippen LogP contribution in [0.3, 0.4) is 0 Å². The molecule has 0 aliphatic rings. The molecule has 0 bridgehead atoms. The molecule has 0 saturated carbocycles. The zero-order valence-corrected chi connectivity index (χ0v) is 10.3. The van der Waals surface area contributed by atoms with E-state index in [1.165, 1.54) is 0 Å². The lowest BCUT2D eigenvalue weighted by Gasteiger charge is -2.06. The third kappa shape index (κ3) is 2.64. The Hall–Kier alpha value is -1.29. The molecule has 0 fully saturated rings. The molecular weight excluding hydrogens is 218 g/mol. The zero-order valence-electron chi connectivity index (χ0n) is 9.50. The van der Waals surface area contributed by atoms with E-state index in [9.17, 15) is 0 Å². The van der Waals surface area contributed by atoms with Gasteiger partial charge in [-0.3, -0.25) is 4.57 Å². The maximum absolute atomic E-state index is 4.14. The summed E-state index contributed by atoms with van der Waals surface area (Å²) in [6.07, 6.45) is 1.76. The quantitative estimate of drug-likeness (QED) is 0.761. The van der Waals surface area contributed by atoms with E-state index in [1.54, 1.807) is 18.1 Å². The fraction of sp³-hybridized carbons (Fsp3) is 0.333. The number of nitrogens with zero attached hydrogens (tertiary/aromatic N) is 3. The number of aromatic nitrogens is 3. The van der Waals surface area contributed by atoms with Crippen molar-refractivity contribution >= 4 is 11.8 Å². The second-order valence-electron chi connectivity index (χ2n) is 4.02. The highest BCUT2D eigenvalue weighted by molar-refractivity contribution is 7.99. The normalized spacial score (nSPS) is 10.9. The van der Waals surface area contributed by atoms with Gasteiger partial charge >= 0.3 is 0 Å². The number of para-hydroxylation sites is 1. The Kier molecular flexibility index (Phi) is 3.62. The summed E-state index contributed by atoms with van der Waals surface area (Å²) in [5, 5.41) is 9.07. The predicted molar refractivity (Wildman–Crippen MR) is 66.9 cm³/mol. The Bertz CT molecular complexity index is 437. The van der Waals surface area contributed by atoms with Crippen molar-refractivity contribution in [3.05, 3.63) is 36.7 Å². The average Bonchev–Trinajstić information content (AvgIpc) is 2.75. The summed E-state index contributed by atoms with van der Waals surface area (Å²) in [6, 6.07) is 10.2. The van der Waals surface area contributed by atoms with E-state index in [0.717, 1.165) is 16.6 Å². The fourth-order valence-corrected chi connectivity index (χ4v) is 2.21. The molecular formula is C12H15N3S. The van der Waals surface area contributed by atoms with Gasteiger partial charge in [0.15, 0.2) is 5.16 Å². The first-order chi connectivity index (χ1) is 7.77. The van der Waals surface area contributed by atoms with Crippen molar-refractivity contribution < 1.29 is 0 Å². The first kappa shape index (κ1) is 11.2. The van der Waals surface area contributed by atoms with E-state index in [2.05, 4.69) is 36.2 Å². The fourth-order valence-electron chi connectivity index (χ4n) is 1.33. The Labute approximate surface area is 99.9 Å². The van der Waals surface area contributed by atoms with Crippen LogP contribution >= 0.6 is 11.8 Å². The van der Waals surface area contributed by atoms with Gasteiger partial charge in [-0.15, -0.1) is 10.2 Å². The first-order valence-electron chi connectivity index (χ1n) is 5.35. The van der Waals surface area contributed by atoms with Gasteiger partial charge in [-0.25, -0.2) is 0 Å². The third-order valence-corrected chi connectivity index (χ3v) is 3.47. The van der Waals surface area contributed by atoms with Crippen LogP contribution in [0.2, 0.25) is 0 Å². The molecule has 0 saturated heterocycles. The van der Waals surface area contributed by atoms with Crippen LogP contribution < -0.4 is 0 Å². The van der Waals surface area contributed by atoms with E-state index in [-0.39, 0.29) is 0 Å². The van der Waals surface area contributed by atoms with Crippen LogP contribution in [0.1, 0.15) is 13.8 Å². The predicted octanol–water partition coefficient (Wildman–Crippen LogP) is 3.02. The molecule has 0 spiro atoms. The molecule has 1 aromatic carbocycles. The lowest BCUT2D eigenvalue weighted by Crippen LogP contribution is -1.97. The highest BCUT2D eigenvalue weighted by atomic mass is 32.2. The van der Waals surface area contributed by atoms with Crippen molar-refractivity contribution in [2.24, 2.45) is 5.92 Å². The van der Waals surface area contributed by atoms with Gasteiger partial charge in [-0.2, -0.15) is 0 Å². The van der Waals surface area contributed by atoms with Crippen LogP contribution in [0.4, 0.5) is 0 Å². The molecule has 0 N–H and O–H groups in total. The van der Waals surface area contributed by atoms with Gasteiger partial charge in [0.05, 0.1) is 0 Å². The minimum Gasteiger partial charge on any atom is -0.277 e. The Morgan fingerprint density at radius 3 is 2.69 bits per heavy atom. The number of hydrogen-bond donors (Lipinski definition) is 0. The summed E-state index contributed by atoms with van der Waals surface area (Å²) >= 11 is 1.75. The summed E-state index contributed by atoms with van der Waals surface area (Å²) in [7, 11) is 0. The Morgan fingerprint density at radius 2 is 2.00 bits per heavy atom. The molecule has 84 valence electrons. The molecule has 0 unspecified atom stereocenters. The van der Waals surface area contributed by atoms with Gasteiger partial charge in [0.2, 0.25) is 0 Å². The molecule has 0 radical (unpaired) electrons. The topological polar surface area (TPSA) is 30.7 Å². The van der Waals surface area contributed by atoms with Crippen LogP contribution in [0.25, 0.3) is 5.69 Å². The van der Waals surface area contributed by atoms with Gasteiger partial charge in [0.25, 0.3) is 0 Å². The molecule has 0 amide bonds. The second-order valence-corrected chi connectivity index (χ2v) is 5.01. The van der Waals surface area contributed by atoms with Gasteiger partial charge in [0, 0.05) is 11.4 Å². The molecule has 2 aromatic rings. The smallest absolute Gasteiger partial charge is 0.195 e. The lowest BCUT2D eigenvalue weighted by molar-refractivity contribution is 0.745. The van der Waals surface area contributed by atoms with Crippen molar-refractivity contribution in [3.63, 3.8) is 0 Å². The second kappa shape index (κ2) is 5.16. The largest absolute Gasteiger partial charge is 0.277 e. The molecule has 4 heteroatoms. The maximum atomic E-state index is 4.14. The van der Waals surface area contributed by atoms with Crippen molar-refractivity contribution in [1.82, 2.24) is 14.8 Å². The maximum Gasteiger partial charge on any atom is 0.195 e. The average molecular weight is 233 g/mol. The molecule has 0 aliphatic carbocycles. The zero-order chi connectivity index (χ0) is 11.4. The number of thioether (sulfide) groups is 1. The molecule has 2 rings (SSSR count).